The summed E-state index contributed by atoms with van der Waals surface area (Å²) in [6.07, 6.45) is 2.00. The SMILES string of the molecule is COc1ccc(C(=O)O)cc1OCCCCC#N. The average molecular weight is 249 g/mol. The van der Waals surface area contributed by atoms with Crippen LogP contribution in [0.2, 0.25) is 0 Å². The van der Waals surface area contributed by atoms with Crippen molar-refractivity contribution in [2.75, 3.05) is 13.7 Å². The summed E-state index contributed by atoms with van der Waals surface area (Å²) in [6, 6.07) is 6.52. The maximum Gasteiger partial charge on any atom is 0.335 e. The molecule has 0 unspecified atom stereocenters. The number of unbranched alkanes of at least 4 members (excludes halogenated alkanes) is 2. The average Bonchev–Trinajstić information content (AvgIpc) is 2.38. The van der Waals surface area contributed by atoms with Crippen molar-refractivity contribution < 1.29 is 19.4 Å². The fraction of sp³-hybridized carbons (Fsp3) is 0.385. The zero-order valence-corrected chi connectivity index (χ0v) is 10.2. The fourth-order valence-electron chi connectivity index (χ4n) is 1.41. The summed E-state index contributed by atoms with van der Waals surface area (Å²) >= 11 is 0. The molecule has 0 spiro atoms. The van der Waals surface area contributed by atoms with Gasteiger partial charge in [0.25, 0.3) is 0 Å². The maximum absolute atomic E-state index is 10.8. The molecule has 0 bridgehead atoms. The lowest BCUT2D eigenvalue weighted by Gasteiger charge is -2.10. The molecule has 18 heavy (non-hydrogen) atoms. The Morgan fingerprint density at radius 2 is 2.17 bits per heavy atom. The van der Waals surface area contributed by atoms with Gasteiger partial charge in [-0.1, -0.05) is 0 Å². The Balaban J connectivity index is 2.64. The molecule has 1 aromatic carbocycles. The Morgan fingerprint density at radius 1 is 1.39 bits per heavy atom. The largest absolute Gasteiger partial charge is 0.493 e. The Hall–Kier alpha value is -2.22. The van der Waals surface area contributed by atoms with E-state index in [1.54, 1.807) is 6.07 Å². The molecule has 5 heteroatoms. The number of carbonyl (C=O) groups is 1. The van der Waals surface area contributed by atoms with Gasteiger partial charge in [-0.3, -0.25) is 0 Å². The van der Waals surface area contributed by atoms with Crippen LogP contribution in [0.15, 0.2) is 18.2 Å². The number of carboxylic acids is 1. The van der Waals surface area contributed by atoms with Crippen LogP contribution in [0.5, 0.6) is 11.5 Å². The second-order valence-electron chi connectivity index (χ2n) is 3.63. The highest BCUT2D eigenvalue weighted by molar-refractivity contribution is 5.88. The van der Waals surface area contributed by atoms with Gasteiger partial charge in [-0.25, -0.2) is 4.79 Å². The molecule has 0 fully saturated rings. The first-order valence-electron chi connectivity index (χ1n) is 5.60. The van der Waals surface area contributed by atoms with Crippen LogP contribution in [0, 0.1) is 11.3 Å². The van der Waals surface area contributed by atoms with Crippen LogP contribution in [-0.4, -0.2) is 24.8 Å². The number of benzene rings is 1. The molecule has 0 radical (unpaired) electrons. The lowest BCUT2D eigenvalue weighted by molar-refractivity contribution is 0.0696. The predicted molar refractivity (Wildman–Crippen MR) is 64.9 cm³/mol. The summed E-state index contributed by atoms with van der Waals surface area (Å²) in [5.74, 6) is -0.0957. The van der Waals surface area contributed by atoms with E-state index in [9.17, 15) is 4.79 Å². The molecule has 1 rings (SSSR count). The first-order valence-corrected chi connectivity index (χ1v) is 5.60. The van der Waals surface area contributed by atoms with E-state index >= 15 is 0 Å². The van der Waals surface area contributed by atoms with E-state index in [0.717, 1.165) is 12.8 Å². The second-order valence-corrected chi connectivity index (χ2v) is 3.63. The van der Waals surface area contributed by atoms with Crippen LogP contribution in [0.4, 0.5) is 0 Å². The molecule has 0 atom stereocenters. The monoisotopic (exact) mass is 249 g/mol. The molecule has 96 valence electrons. The smallest absolute Gasteiger partial charge is 0.335 e. The van der Waals surface area contributed by atoms with Gasteiger partial charge in [0.1, 0.15) is 0 Å². The lowest BCUT2D eigenvalue weighted by Crippen LogP contribution is -2.02. The van der Waals surface area contributed by atoms with Gasteiger partial charge in [0.2, 0.25) is 0 Å². The van der Waals surface area contributed by atoms with Crippen molar-refractivity contribution >= 4 is 5.97 Å². The molecule has 0 amide bonds. The topological polar surface area (TPSA) is 79.6 Å². The number of aromatic carboxylic acids is 1. The van der Waals surface area contributed by atoms with Crippen molar-refractivity contribution in [3.63, 3.8) is 0 Å². The summed E-state index contributed by atoms with van der Waals surface area (Å²) in [5.41, 5.74) is 0.155. The molecular formula is C13H15NO4. The fourth-order valence-corrected chi connectivity index (χ4v) is 1.41. The van der Waals surface area contributed by atoms with Crippen molar-refractivity contribution in [1.82, 2.24) is 0 Å². The number of ether oxygens (including phenoxy) is 2. The van der Waals surface area contributed by atoms with Crippen molar-refractivity contribution in [2.45, 2.75) is 19.3 Å². The lowest BCUT2D eigenvalue weighted by atomic mass is 10.2. The predicted octanol–water partition coefficient (Wildman–Crippen LogP) is 2.47. The maximum atomic E-state index is 10.8. The van der Waals surface area contributed by atoms with Gasteiger partial charge in [-0.15, -0.1) is 0 Å². The Labute approximate surface area is 106 Å². The van der Waals surface area contributed by atoms with E-state index in [0.29, 0.717) is 24.5 Å². The van der Waals surface area contributed by atoms with Crippen LogP contribution < -0.4 is 9.47 Å². The third-order valence-corrected chi connectivity index (χ3v) is 2.35. The van der Waals surface area contributed by atoms with E-state index < -0.39 is 5.97 Å². The molecule has 0 saturated carbocycles. The highest BCUT2D eigenvalue weighted by atomic mass is 16.5. The molecule has 0 saturated heterocycles. The minimum Gasteiger partial charge on any atom is -0.493 e. The summed E-state index contributed by atoms with van der Waals surface area (Å²) in [6.45, 7) is 0.432. The summed E-state index contributed by atoms with van der Waals surface area (Å²) < 4.78 is 10.6. The highest BCUT2D eigenvalue weighted by Crippen LogP contribution is 2.28. The third-order valence-electron chi connectivity index (χ3n) is 2.35. The third kappa shape index (κ3) is 3.98. The molecule has 5 nitrogen and oxygen atoms in total. The molecule has 0 aliphatic rings. The van der Waals surface area contributed by atoms with E-state index in [-0.39, 0.29) is 5.56 Å². The number of methoxy groups -OCH3 is 1. The number of carboxylic acid groups (broad SMARTS) is 1. The van der Waals surface area contributed by atoms with E-state index in [1.165, 1.54) is 19.2 Å². The molecule has 1 aromatic rings. The van der Waals surface area contributed by atoms with E-state index in [4.69, 9.17) is 19.8 Å². The molecule has 0 aliphatic carbocycles. The summed E-state index contributed by atoms with van der Waals surface area (Å²) in [7, 11) is 1.50. The van der Waals surface area contributed by atoms with Gasteiger partial charge >= 0.3 is 5.97 Å². The van der Waals surface area contributed by atoms with Crippen LogP contribution >= 0.6 is 0 Å². The van der Waals surface area contributed by atoms with Crippen LogP contribution in [-0.2, 0) is 0 Å². The number of nitrogens with zero attached hydrogens (tertiary/aromatic N) is 1. The van der Waals surface area contributed by atoms with Gasteiger partial charge in [0, 0.05) is 6.42 Å². The zero-order chi connectivity index (χ0) is 13.4. The normalized spacial score (nSPS) is 9.56. The first-order chi connectivity index (χ1) is 8.69. The molecular weight excluding hydrogens is 234 g/mol. The van der Waals surface area contributed by atoms with Crippen LogP contribution in [0.25, 0.3) is 0 Å². The second kappa shape index (κ2) is 7.17. The van der Waals surface area contributed by atoms with Crippen LogP contribution in [0.3, 0.4) is 0 Å². The van der Waals surface area contributed by atoms with Crippen molar-refractivity contribution in [3.05, 3.63) is 23.8 Å². The van der Waals surface area contributed by atoms with E-state index in [2.05, 4.69) is 6.07 Å². The van der Waals surface area contributed by atoms with Crippen molar-refractivity contribution in [3.8, 4) is 17.6 Å². The Kier molecular flexibility index (Phi) is 5.52. The number of rotatable bonds is 7. The van der Waals surface area contributed by atoms with Crippen molar-refractivity contribution in [1.29, 1.82) is 5.26 Å². The van der Waals surface area contributed by atoms with Gasteiger partial charge in [0.15, 0.2) is 11.5 Å². The van der Waals surface area contributed by atoms with Gasteiger partial charge in [-0.05, 0) is 31.0 Å². The number of hydrogen-bond acceptors (Lipinski definition) is 4. The first kappa shape index (κ1) is 13.8. The summed E-state index contributed by atoms with van der Waals surface area (Å²) in [4.78, 5) is 10.8. The minimum atomic E-state index is -1.01. The molecule has 0 heterocycles. The number of hydrogen-bond donors (Lipinski definition) is 1. The minimum absolute atomic E-state index is 0.155. The highest BCUT2D eigenvalue weighted by Gasteiger charge is 2.09. The van der Waals surface area contributed by atoms with Crippen molar-refractivity contribution in [2.24, 2.45) is 0 Å². The zero-order valence-electron chi connectivity index (χ0n) is 10.2. The molecule has 0 aromatic heterocycles. The Bertz CT molecular complexity index is 451. The van der Waals surface area contributed by atoms with Gasteiger partial charge in [0.05, 0.1) is 25.3 Å². The van der Waals surface area contributed by atoms with Gasteiger partial charge < -0.3 is 14.6 Å². The number of nitriles is 1. The Morgan fingerprint density at radius 3 is 2.78 bits per heavy atom. The summed E-state index contributed by atoms with van der Waals surface area (Å²) in [5, 5.41) is 17.3. The standard InChI is InChI=1S/C13H15NO4/c1-17-11-6-5-10(13(15)16)9-12(11)18-8-4-2-3-7-14/h5-6,9H,2-4,8H2,1H3,(H,15,16). The quantitative estimate of drug-likeness (QED) is 0.751. The molecule has 0 aliphatic heterocycles. The van der Waals surface area contributed by atoms with Gasteiger partial charge in [-0.2, -0.15) is 5.26 Å². The molecule has 1 N–H and O–H groups in total. The van der Waals surface area contributed by atoms with E-state index in [1.807, 2.05) is 0 Å². The van der Waals surface area contributed by atoms with Crippen LogP contribution in [0.1, 0.15) is 29.6 Å².